The van der Waals surface area contributed by atoms with Gasteiger partial charge in [-0.3, -0.25) is 15.0 Å². The van der Waals surface area contributed by atoms with Crippen LogP contribution in [0.1, 0.15) is 12.5 Å². The molecule has 0 heterocycles. The van der Waals surface area contributed by atoms with E-state index in [0.717, 1.165) is 5.56 Å². The highest BCUT2D eigenvalue weighted by Crippen LogP contribution is 2.15. The monoisotopic (exact) mass is 377 g/mol. The molecule has 0 unspecified atom stereocenters. The van der Waals surface area contributed by atoms with E-state index in [4.69, 9.17) is 4.74 Å². The molecule has 0 aliphatic carbocycles. The Morgan fingerprint density at radius 2 is 1.58 bits per heavy atom. The molecule has 0 spiro atoms. The average Bonchev–Trinajstić information content (AvgIpc) is 2.62. The molecule has 0 bridgehead atoms. The van der Waals surface area contributed by atoms with Crippen LogP contribution >= 0.6 is 0 Å². The van der Waals surface area contributed by atoms with Crippen LogP contribution in [0.3, 0.4) is 0 Å². The van der Waals surface area contributed by atoms with Gasteiger partial charge < -0.3 is 10.1 Å². The van der Waals surface area contributed by atoms with Crippen molar-refractivity contribution in [2.45, 2.75) is 18.7 Å². The van der Waals surface area contributed by atoms with Crippen molar-refractivity contribution in [1.82, 2.24) is 10.3 Å². The molecule has 0 atom stereocenters. The summed E-state index contributed by atoms with van der Waals surface area (Å²) in [6.07, 6.45) is 0. The van der Waals surface area contributed by atoms with Crippen LogP contribution < -0.4 is 20.3 Å². The number of hydrogen-bond donors (Lipinski definition) is 3. The molecule has 2 rings (SSSR count). The van der Waals surface area contributed by atoms with Crippen LogP contribution in [-0.4, -0.2) is 26.8 Å². The number of anilines is 1. The normalized spacial score (nSPS) is 10.8. The summed E-state index contributed by atoms with van der Waals surface area (Å²) in [4.78, 5) is 25.3. The average molecular weight is 377 g/mol. The van der Waals surface area contributed by atoms with Crippen LogP contribution in [-0.2, 0) is 19.6 Å². The highest BCUT2D eigenvalue weighted by atomic mass is 32.2. The number of carbonyl (C=O) groups is 2. The Morgan fingerprint density at radius 3 is 2.15 bits per heavy atom. The molecule has 9 heteroatoms. The second kappa shape index (κ2) is 8.45. The molecule has 2 aromatic carbocycles. The van der Waals surface area contributed by atoms with Crippen molar-refractivity contribution >= 4 is 27.5 Å². The Bertz CT molecular complexity index is 878. The van der Waals surface area contributed by atoms with Crippen LogP contribution in [0.25, 0.3) is 0 Å². The molecule has 26 heavy (non-hydrogen) atoms. The minimum absolute atomic E-state index is 0.0832. The van der Waals surface area contributed by atoms with Gasteiger partial charge in [-0.2, -0.15) is 0 Å². The number of amides is 2. The van der Waals surface area contributed by atoms with E-state index >= 15 is 0 Å². The summed E-state index contributed by atoms with van der Waals surface area (Å²) in [7, 11) is -4.02. The first-order valence-electron chi connectivity index (χ1n) is 7.74. The van der Waals surface area contributed by atoms with Gasteiger partial charge in [0.2, 0.25) is 0 Å². The number of hydrazine groups is 1. The summed E-state index contributed by atoms with van der Waals surface area (Å²) in [6.45, 7) is 4.15. The maximum atomic E-state index is 12.1. The van der Waals surface area contributed by atoms with Gasteiger partial charge in [0, 0.05) is 5.69 Å². The predicted molar refractivity (Wildman–Crippen MR) is 95.9 cm³/mol. The molecule has 0 aliphatic rings. The molecule has 8 nitrogen and oxygen atoms in total. The van der Waals surface area contributed by atoms with Crippen molar-refractivity contribution in [2.75, 3.05) is 11.9 Å². The van der Waals surface area contributed by atoms with E-state index < -0.39 is 21.8 Å². The van der Waals surface area contributed by atoms with E-state index in [-0.39, 0.29) is 4.90 Å². The molecular weight excluding hydrogens is 358 g/mol. The number of nitrogens with one attached hydrogen (secondary N) is 3. The Kier molecular flexibility index (Phi) is 6.31. The Labute approximate surface area is 151 Å². The van der Waals surface area contributed by atoms with Crippen molar-refractivity contribution in [1.29, 1.82) is 0 Å². The van der Waals surface area contributed by atoms with E-state index in [1.807, 2.05) is 24.1 Å². The molecule has 3 N–H and O–H groups in total. The van der Waals surface area contributed by atoms with E-state index in [2.05, 4.69) is 5.32 Å². The summed E-state index contributed by atoms with van der Waals surface area (Å²) in [5.41, 5.74) is 3.29. The summed E-state index contributed by atoms with van der Waals surface area (Å²) in [5, 5.41) is 2.36. The third-order valence-corrected chi connectivity index (χ3v) is 4.52. The molecule has 2 aromatic rings. The van der Waals surface area contributed by atoms with Gasteiger partial charge in [-0.1, -0.05) is 17.7 Å². The van der Waals surface area contributed by atoms with Gasteiger partial charge in [-0.05, 0) is 50.2 Å². The molecule has 0 aliphatic heterocycles. The van der Waals surface area contributed by atoms with Crippen molar-refractivity contribution < 1.29 is 22.7 Å². The lowest BCUT2D eigenvalue weighted by molar-refractivity contribution is -0.136. The summed E-state index contributed by atoms with van der Waals surface area (Å²) >= 11 is 0. The number of ether oxygens (including phenoxy) is 1. The van der Waals surface area contributed by atoms with E-state index in [1.165, 1.54) is 24.3 Å². The maximum Gasteiger partial charge on any atom is 0.324 e. The predicted octanol–water partition coefficient (Wildman–Crippen LogP) is 1.34. The van der Waals surface area contributed by atoms with Crippen molar-refractivity contribution in [2.24, 2.45) is 0 Å². The zero-order valence-corrected chi connectivity index (χ0v) is 15.1. The highest BCUT2D eigenvalue weighted by molar-refractivity contribution is 7.89. The molecule has 0 aromatic heterocycles. The van der Waals surface area contributed by atoms with E-state index in [9.17, 15) is 18.0 Å². The number of aryl methyl sites for hydroxylation is 1. The zero-order valence-electron chi connectivity index (χ0n) is 14.3. The third kappa shape index (κ3) is 5.30. The number of rotatable bonds is 6. The van der Waals surface area contributed by atoms with Crippen molar-refractivity contribution in [3.63, 3.8) is 0 Å². The summed E-state index contributed by atoms with van der Waals surface area (Å²) < 4.78 is 29.5. The van der Waals surface area contributed by atoms with Gasteiger partial charge in [0.15, 0.2) is 0 Å². The number of carbonyl (C=O) groups excluding carboxylic acids is 2. The van der Waals surface area contributed by atoms with Crippen LogP contribution in [0, 0.1) is 6.92 Å². The first-order chi connectivity index (χ1) is 12.3. The minimum Gasteiger partial charge on any atom is -0.494 e. The smallest absolute Gasteiger partial charge is 0.324 e. The van der Waals surface area contributed by atoms with Crippen molar-refractivity contribution in [3.05, 3.63) is 54.1 Å². The zero-order chi connectivity index (χ0) is 19.2. The van der Waals surface area contributed by atoms with Crippen LogP contribution in [0.5, 0.6) is 5.75 Å². The first-order valence-corrected chi connectivity index (χ1v) is 9.23. The van der Waals surface area contributed by atoms with E-state index in [0.29, 0.717) is 18.0 Å². The molecule has 138 valence electrons. The fraction of sp³-hybridized carbons (Fsp3) is 0.176. The number of benzene rings is 2. The SMILES string of the molecule is CCOc1ccc(S(=O)(=O)NNC(=O)C(=O)Nc2ccc(C)cc2)cc1. The molecule has 0 saturated heterocycles. The first kappa shape index (κ1) is 19.4. The quantitative estimate of drug-likeness (QED) is 0.519. The topological polar surface area (TPSA) is 114 Å². The van der Waals surface area contributed by atoms with Gasteiger partial charge in [0.25, 0.3) is 10.0 Å². The number of sulfonamides is 1. The largest absolute Gasteiger partial charge is 0.494 e. The summed E-state index contributed by atoms with van der Waals surface area (Å²) in [5.74, 6) is -1.61. The second-order valence-corrected chi connectivity index (χ2v) is 6.97. The van der Waals surface area contributed by atoms with Crippen molar-refractivity contribution in [3.8, 4) is 5.75 Å². The van der Waals surface area contributed by atoms with E-state index in [1.54, 1.807) is 24.3 Å². The third-order valence-electron chi connectivity index (χ3n) is 3.26. The van der Waals surface area contributed by atoms with Gasteiger partial charge in [0.1, 0.15) is 5.75 Å². The molecule has 0 radical (unpaired) electrons. The lowest BCUT2D eigenvalue weighted by Crippen LogP contribution is -2.46. The highest BCUT2D eigenvalue weighted by Gasteiger charge is 2.19. The lowest BCUT2D eigenvalue weighted by Gasteiger charge is -2.09. The molecule has 0 fully saturated rings. The van der Waals surface area contributed by atoms with Crippen LogP contribution in [0.15, 0.2) is 53.4 Å². The molecule has 2 amide bonds. The second-order valence-electron chi connectivity index (χ2n) is 5.28. The Hall–Kier alpha value is -2.91. The van der Waals surface area contributed by atoms with Crippen LogP contribution in [0.2, 0.25) is 0 Å². The minimum atomic E-state index is -4.02. The van der Waals surface area contributed by atoms with Gasteiger partial charge >= 0.3 is 11.8 Å². The maximum absolute atomic E-state index is 12.1. The molecule has 0 saturated carbocycles. The number of hydrogen-bond acceptors (Lipinski definition) is 5. The Morgan fingerprint density at radius 1 is 0.962 bits per heavy atom. The standard InChI is InChI=1S/C17H19N3O5S/c1-3-25-14-8-10-15(11-9-14)26(23,24)20-19-17(22)16(21)18-13-6-4-12(2)5-7-13/h4-11,20H,3H2,1-2H3,(H,18,21)(H,19,22). The fourth-order valence-electron chi connectivity index (χ4n) is 1.94. The summed E-state index contributed by atoms with van der Waals surface area (Å²) in [6, 6.07) is 12.4. The Balaban J connectivity index is 1.94. The van der Waals surface area contributed by atoms with Crippen LogP contribution in [0.4, 0.5) is 5.69 Å². The fourth-order valence-corrected chi connectivity index (χ4v) is 2.77. The van der Waals surface area contributed by atoms with Gasteiger partial charge in [-0.25, -0.2) is 8.42 Å². The molecular formula is C17H19N3O5S. The lowest BCUT2D eigenvalue weighted by atomic mass is 10.2. The van der Waals surface area contributed by atoms with Gasteiger partial charge in [-0.15, -0.1) is 4.83 Å². The van der Waals surface area contributed by atoms with Gasteiger partial charge in [0.05, 0.1) is 11.5 Å².